The first-order chi connectivity index (χ1) is 5.29. The highest BCUT2D eigenvalue weighted by atomic mass is 16.5. The lowest BCUT2D eigenvalue weighted by Gasteiger charge is -2.27. The van der Waals surface area contributed by atoms with Crippen molar-refractivity contribution < 1.29 is 4.74 Å². The van der Waals surface area contributed by atoms with Crippen LogP contribution in [0.3, 0.4) is 0 Å². The minimum Gasteiger partial charge on any atom is -0.379 e. The van der Waals surface area contributed by atoms with Crippen molar-refractivity contribution in [1.82, 2.24) is 9.91 Å². The molecule has 0 aromatic rings. The van der Waals surface area contributed by atoms with Crippen molar-refractivity contribution in [3.8, 4) is 0 Å². The largest absolute Gasteiger partial charge is 0.379 e. The maximum Gasteiger partial charge on any atom is 0.0594 e. The Labute approximate surface area is 67.9 Å². The second kappa shape index (κ2) is 4.66. The molecular formula is C7H17N3O. The summed E-state index contributed by atoms with van der Waals surface area (Å²) in [6, 6.07) is 0. The topological polar surface area (TPSA) is 41.7 Å². The SMILES string of the molecule is CN(N)CCN1CCOCC1. The molecule has 1 heterocycles. The van der Waals surface area contributed by atoms with Crippen LogP contribution in [0.15, 0.2) is 0 Å². The summed E-state index contributed by atoms with van der Waals surface area (Å²) >= 11 is 0. The van der Waals surface area contributed by atoms with Crippen LogP contribution in [0.2, 0.25) is 0 Å². The molecule has 1 aliphatic rings. The molecule has 4 nitrogen and oxygen atoms in total. The van der Waals surface area contributed by atoms with Crippen molar-refractivity contribution in [2.24, 2.45) is 5.84 Å². The number of rotatable bonds is 3. The van der Waals surface area contributed by atoms with Crippen molar-refractivity contribution in [3.05, 3.63) is 0 Å². The summed E-state index contributed by atoms with van der Waals surface area (Å²) in [5.74, 6) is 5.48. The normalized spacial score (nSPS) is 21.0. The Bertz CT molecular complexity index is 102. The molecule has 4 heteroatoms. The Morgan fingerprint density at radius 1 is 1.45 bits per heavy atom. The van der Waals surface area contributed by atoms with Crippen molar-refractivity contribution >= 4 is 0 Å². The number of morpholine rings is 1. The highest BCUT2D eigenvalue weighted by Gasteiger charge is 2.09. The van der Waals surface area contributed by atoms with Crippen molar-refractivity contribution in [2.45, 2.75) is 0 Å². The molecule has 0 aromatic heterocycles. The zero-order valence-electron chi connectivity index (χ0n) is 7.12. The van der Waals surface area contributed by atoms with Crippen LogP contribution in [-0.4, -0.2) is 56.3 Å². The molecule has 2 N–H and O–H groups in total. The van der Waals surface area contributed by atoms with Crippen LogP contribution in [0, 0.1) is 0 Å². The van der Waals surface area contributed by atoms with Crippen molar-refractivity contribution in [3.63, 3.8) is 0 Å². The fourth-order valence-electron chi connectivity index (χ4n) is 1.12. The van der Waals surface area contributed by atoms with E-state index in [4.69, 9.17) is 10.6 Å². The zero-order chi connectivity index (χ0) is 8.10. The van der Waals surface area contributed by atoms with Gasteiger partial charge in [0.2, 0.25) is 0 Å². The van der Waals surface area contributed by atoms with Crippen LogP contribution < -0.4 is 5.84 Å². The first-order valence-corrected chi connectivity index (χ1v) is 4.05. The average molecular weight is 159 g/mol. The summed E-state index contributed by atoms with van der Waals surface area (Å²) in [6.07, 6.45) is 0. The molecule has 0 amide bonds. The number of ether oxygens (including phenoxy) is 1. The summed E-state index contributed by atoms with van der Waals surface area (Å²) in [6.45, 7) is 5.82. The minimum absolute atomic E-state index is 0.869. The van der Waals surface area contributed by atoms with E-state index in [2.05, 4.69) is 4.90 Å². The van der Waals surface area contributed by atoms with Gasteiger partial charge in [-0.2, -0.15) is 0 Å². The first-order valence-electron chi connectivity index (χ1n) is 4.05. The Morgan fingerprint density at radius 3 is 2.64 bits per heavy atom. The summed E-state index contributed by atoms with van der Waals surface area (Å²) in [4.78, 5) is 2.37. The molecule has 0 unspecified atom stereocenters. The third-order valence-corrected chi connectivity index (χ3v) is 1.87. The molecule has 0 atom stereocenters. The lowest BCUT2D eigenvalue weighted by molar-refractivity contribution is 0.0345. The van der Waals surface area contributed by atoms with Gasteiger partial charge in [0.15, 0.2) is 0 Å². The van der Waals surface area contributed by atoms with Crippen LogP contribution in [0.25, 0.3) is 0 Å². The summed E-state index contributed by atoms with van der Waals surface area (Å²) in [5.41, 5.74) is 0. The van der Waals surface area contributed by atoms with Crippen LogP contribution in [0.1, 0.15) is 0 Å². The van der Waals surface area contributed by atoms with E-state index in [1.165, 1.54) is 0 Å². The number of hydrogen-bond donors (Lipinski definition) is 1. The molecule has 0 saturated carbocycles. The van der Waals surface area contributed by atoms with Gasteiger partial charge in [-0.05, 0) is 0 Å². The number of likely N-dealkylation sites (N-methyl/N-ethyl adjacent to an activating group) is 1. The fourth-order valence-corrected chi connectivity index (χ4v) is 1.12. The van der Waals surface area contributed by atoms with Gasteiger partial charge in [-0.1, -0.05) is 0 Å². The van der Waals surface area contributed by atoms with Gasteiger partial charge in [-0.3, -0.25) is 10.7 Å². The quantitative estimate of drug-likeness (QED) is 0.429. The van der Waals surface area contributed by atoms with Gasteiger partial charge < -0.3 is 4.74 Å². The monoisotopic (exact) mass is 159 g/mol. The van der Waals surface area contributed by atoms with Crippen molar-refractivity contribution in [1.29, 1.82) is 0 Å². The summed E-state index contributed by atoms with van der Waals surface area (Å²) < 4.78 is 5.22. The Balaban J connectivity index is 2.05. The van der Waals surface area contributed by atoms with Gasteiger partial charge in [0.1, 0.15) is 0 Å². The van der Waals surface area contributed by atoms with E-state index in [9.17, 15) is 0 Å². The standard InChI is InChI=1S/C7H17N3O/c1-9(8)2-3-10-4-6-11-7-5-10/h2-8H2,1H3. The lowest BCUT2D eigenvalue weighted by atomic mass is 10.4. The van der Waals surface area contributed by atoms with Crippen LogP contribution >= 0.6 is 0 Å². The lowest BCUT2D eigenvalue weighted by Crippen LogP contribution is -2.42. The van der Waals surface area contributed by atoms with E-state index < -0.39 is 0 Å². The van der Waals surface area contributed by atoms with Gasteiger partial charge in [0.05, 0.1) is 13.2 Å². The molecule has 0 bridgehead atoms. The molecule has 1 rings (SSSR count). The zero-order valence-corrected chi connectivity index (χ0v) is 7.12. The molecule has 11 heavy (non-hydrogen) atoms. The van der Waals surface area contributed by atoms with Crippen LogP contribution in [-0.2, 0) is 4.74 Å². The van der Waals surface area contributed by atoms with E-state index in [-0.39, 0.29) is 0 Å². The third-order valence-electron chi connectivity index (χ3n) is 1.87. The molecule has 0 aromatic carbocycles. The van der Waals surface area contributed by atoms with Gasteiger partial charge in [-0.15, -0.1) is 0 Å². The van der Waals surface area contributed by atoms with Gasteiger partial charge in [0, 0.05) is 33.2 Å². The average Bonchev–Trinajstić information content (AvgIpc) is 2.03. The maximum absolute atomic E-state index is 5.48. The maximum atomic E-state index is 5.48. The second-order valence-corrected chi connectivity index (χ2v) is 2.93. The number of hydrogen-bond acceptors (Lipinski definition) is 4. The Hall–Kier alpha value is -0.160. The molecule has 0 aliphatic carbocycles. The Morgan fingerprint density at radius 2 is 2.09 bits per heavy atom. The molecular weight excluding hydrogens is 142 g/mol. The highest BCUT2D eigenvalue weighted by Crippen LogP contribution is 1.95. The van der Waals surface area contributed by atoms with E-state index >= 15 is 0 Å². The van der Waals surface area contributed by atoms with Gasteiger partial charge in [-0.25, -0.2) is 5.01 Å². The van der Waals surface area contributed by atoms with E-state index in [0.717, 1.165) is 39.4 Å². The third kappa shape index (κ3) is 3.67. The van der Waals surface area contributed by atoms with E-state index in [1.807, 2.05) is 7.05 Å². The van der Waals surface area contributed by atoms with Crippen LogP contribution in [0.5, 0.6) is 0 Å². The smallest absolute Gasteiger partial charge is 0.0594 e. The predicted molar refractivity (Wildman–Crippen MR) is 44.1 cm³/mol. The molecule has 0 radical (unpaired) electrons. The van der Waals surface area contributed by atoms with E-state index in [1.54, 1.807) is 5.01 Å². The van der Waals surface area contributed by atoms with E-state index in [0.29, 0.717) is 0 Å². The second-order valence-electron chi connectivity index (χ2n) is 2.93. The summed E-state index contributed by atoms with van der Waals surface area (Å²) in [7, 11) is 1.89. The molecule has 1 fully saturated rings. The predicted octanol–water partition coefficient (Wildman–Crippen LogP) is -0.876. The molecule has 1 aliphatic heterocycles. The first kappa shape index (κ1) is 8.93. The number of hydrazine groups is 1. The van der Waals surface area contributed by atoms with Gasteiger partial charge >= 0.3 is 0 Å². The molecule has 1 saturated heterocycles. The van der Waals surface area contributed by atoms with Gasteiger partial charge in [0.25, 0.3) is 0 Å². The molecule has 0 spiro atoms. The number of nitrogens with zero attached hydrogens (tertiary/aromatic N) is 2. The minimum atomic E-state index is 0.869. The van der Waals surface area contributed by atoms with Crippen molar-refractivity contribution in [2.75, 3.05) is 46.4 Å². The fraction of sp³-hybridized carbons (Fsp3) is 1.00. The van der Waals surface area contributed by atoms with Crippen LogP contribution in [0.4, 0.5) is 0 Å². The Kier molecular flexibility index (Phi) is 3.79. The molecule has 66 valence electrons. The number of nitrogens with two attached hydrogens (primary N) is 1. The summed E-state index contributed by atoms with van der Waals surface area (Å²) in [5, 5.41) is 1.72. The highest BCUT2D eigenvalue weighted by molar-refractivity contribution is 4.62.